The van der Waals surface area contributed by atoms with Gasteiger partial charge in [-0.05, 0) is 31.2 Å². The highest BCUT2D eigenvalue weighted by molar-refractivity contribution is 7.13. The molecule has 1 N–H and O–H groups in total. The molecule has 30 heavy (non-hydrogen) atoms. The maximum absolute atomic E-state index is 13.1. The van der Waals surface area contributed by atoms with Crippen molar-refractivity contribution in [1.29, 1.82) is 5.26 Å². The van der Waals surface area contributed by atoms with Crippen LogP contribution in [0.2, 0.25) is 0 Å². The summed E-state index contributed by atoms with van der Waals surface area (Å²) >= 11 is 1.48. The highest BCUT2D eigenvalue weighted by Crippen LogP contribution is 2.35. The highest BCUT2D eigenvalue weighted by atomic mass is 32.1. The largest absolute Gasteiger partial charge is 0.493 e. The number of carbonyl (C=O) groups is 1. The van der Waals surface area contributed by atoms with E-state index in [0.717, 1.165) is 26.9 Å². The predicted octanol–water partition coefficient (Wildman–Crippen LogP) is 4.23. The van der Waals surface area contributed by atoms with Crippen LogP contribution >= 0.6 is 11.3 Å². The van der Waals surface area contributed by atoms with Crippen LogP contribution in [0.4, 0.5) is 0 Å². The Labute approximate surface area is 177 Å². The standard InChI is InChI=1S/C22H19N5O2S/c1-3-29-19-7-15(4-5-18(19)20-6-14(8-23)13-30-20)22(28)27(2)12-17-10-24-9-16-11-25-26-21(16)17/h4-7,9-11,13H,3,12H2,1-2H3,(H,25,26). The molecule has 3 aromatic heterocycles. The minimum Gasteiger partial charge on any atom is -0.493 e. The Balaban J connectivity index is 1.61. The molecule has 0 spiro atoms. The molecule has 0 radical (unpaired) electrons. The number of H-pyrrole nitrogens is 1. The molecule has 1 aromatic carbocycles. The van der Waals surface area contributed by atoms with Crippen LogP contribution in [0.15, 0.2) is 48.2 Å². The van der Waals surface area contributed by atoms with Crippen molar-refractivity contribution in [3.63, 3.8) is 0 Å². The smallest absolute Gasteiger partial charge is 0.254 e. The zero-order valence-corrected chi connectivity index (χ0v) is 17.4. The van der Waals surface area contributed by atoms with Gasteiger partial charge in [0.15, 0.2) is 0 Å². The number of benzene rings is 1. The minimum absolute atomic E-state index is 0.122. The van der Waals surface area contributed by atoms with Gasteiger partial charge in [-0.2, -0.15) is 10.4 Å². The Hall–Kier alpha value is -3.70. The lowest BCUT2D eigenvalue weighted by atomic mass is 10.1. The number of ether oxygens (including phenoxy) is 1. The van der Waals surface area contributed by atoms with Gasteiger partial charge < -0.3 is 9.64 Å². The fourth-order valence-corrected chi connectivity index (χ4v) is 4.13. The number of hydrogen-bond acceptors (Lipinski definition) is 6. The maximum atomic E-state index is 13.1. The summed E-state index contributed by atoms with van der Waals surface area (Å²) in [4.78, 5) is 19.9. The molecule has 4 rings (SSSR count). The Morgan fingerprint density at radius 2 is 2.17 bits per heavy atom. The van der Waals surface area contributed by atoms with E-state index in [1.54, 1.807) is 42.7 Å². The van der Waals surface area contributed by atoms with Crippen molar-refractivity contribution in [3.8, 4) is 22.3 Å². The molecule has 0 atom stereocenters. The normalized spacial score (nSPS) is 10.7. The van der Waals surface area contributed by atoms with Crippen LogP contribution in [-0.2, 0) is 6.54 Å². The minimum atomic E-state index is -0.122. The molecule has 0 unspecified atom stereocenters. The summed E-state index contributed by atoms with van der Waals surface area (Å²) in [7, 11) is 1.75. The van der Waals surface area contributed by atoms with Crippen molar-refractivity contribution in [2.24, 2.45) is 0 Å². The lowest BCUT2D eigenvalue weighted by molar-refractivity contribution is 0.0785. The van der Waals surface area contributed by atoms with Crippen LogP contribution in [0, 0.1) is 11.3 Å². The van der Waals surface area contributed by atoms with Gasteiger partial charge in [0.1, 0.15) is 11.8 Å². The quantitative estimate of drug-likeness (QED) is 0.507. The number of pyridine rings is 1. The Kier molecular flexibility index (Phi) is 5.46. The summed E-state index contributed by atoms with van der Waals surface area (Å²) in [5.41, 5.74) is 3.78. The van der Waals surface area contributed by atoms with Gasteiger partial charge in [-0.1, -0.05) is 0 Å². The second kappa shape index (κ2) is 8.35. The van der Waals surface area contributed by atoms with Crippen molar-refractivity contribution >= 4 is 28.1 Å². The lowest BCUT2D eigenvalue weighted by Crippen LogP contribution is -2.26. The van der Waals surface area contributed by atoms with E-state index in [1.807, 2.05) is 24.4 Å². The summed E-state index contributed by atoms with van der Waals surface area (Å²) in [5, 5.41) is 18.8. The van der Waals surface area contributed by atoms with Crippen molar-refractivity contribution in [2.75, 3.05) is 13.7 Å². The first-order valence-electron chi connectivity index (χ1n) is 9.38. The van der Waals surface area contributed by atoms with Crippen molar-refractivity contribution < 1.29 is 9.53 Å². The van der Waals surface area contributed by atoms with E-state index in [1.165, 1.54) is 11.3 Å². The molecule has 150 valence electrons. The highest BCUT2D eigenvalue weighted by Gasteiger charge is 2.18. The number of carbonyl (C=O) groups excluding carboxylic acids is 1. The van der Waals surface area contributed by atoms with Gasteiger partial charge in [-0.15, -0.1) is 11.3 Å². The third kappa shape index (κ3) is 3.75. The number of nitriles is 1. The Morgan fingerprint density at radius 3 is 2.93 bits per heavy atom. The molecule has 0 fully saturated rings. The van der Waals surface area contributed by atoms with Crippen LogP contribution in [0.1, 0.15) is 28.4 Å². The molecule has 3 heterocycles. The van der Waals surface area contributed by atoms with E-state index in [4.69, 9.17) is 10.00 Å². The number of aromatic amines is 1. The van der Waals surface area contributed by atoms with Crippen LogP contribution in [0.5, 0.6) is 5.75 Å². The van der Waals surface area contributed by atoms with Crippen molar-refractivity contribution in [2.45, 2.75) is 13.5 Å². The lowest BCUT2D eigenvalue weighted by Gasteiger charge is -2.19. The monoisotopic (exact) mass is 417 g/mol. The molecule has 0 aliphatic rings. The first kappa shape index (κ1) is 19.6. The van der Waals surface area contributed by atoms with Gasteiger partial charge in [0, 0.05) is 58.3 Å². The number of amides is 1. The number of nitrogens with one attached hydrogen (secondary N) is 1. The van der Waals surface area contributed by atoms with E-state index >= 15 is 0 Å². The van der Waals surface area contributed by atoms with Crippen molar-refractivity contribution in [3.05, 3.63) is 64.9 Å². The molecule has 8 heteroatoms. The van der Waals surface area contributed by atoms with Crippen LogP contribution < -0.4 is 4.74 Å². The molecular formula is C22H19N5O2S. The second-order valence-corrected chi connectivity index (χ2v) is 7.66. The number of aromatic nitrogens is 3. The topological polar surface area (TPSA) is 94.9 Å². The fourth-order valence-electron chi connectivity index (χ4n) is 3.26. The van der Waals surface area contributed by atoms with E-state index in [-0.39, 0.29) is 5.91 Å². The number of rotatable bonds is 6. The first-order chi connectivity index (χ1) is 14.6. The molecule has 0 aliphatic heterocycles. The van der Waals surface area contributed by atoms with Crippen LogP contribution in [0.3, 0.4) is 0 Å². The average Bonchev–Trinajstić information content (AvgIpc) is 3.43. The predicted molar refractivity (Wildman–Crippen MR) is 115 cm³/mol. The molecule has 7 nitrogen and oxygen atoms in total. The fraction of sp³-hybridized carbons (Fsp3) is 0.182. The molecule has 0 bridgehead atoms. The average molecular weight is 417 g/mol. The summed E-state index contributed by atoms with van der Waals surface area (Å²) < 4.78 is 5.80. The molecule has 0 saturated heterocycles. The second-order valence-electron chi connectivity index (χ2n) is 6.75. The van der Waals surface area contributed by atoms with E-state index in [9.17, 15) is 4.79 Å². The first-order valence-corrected chi connectivity index (χ1v) is 10.3. The van der Waals surface area contributed by atoms with Crippen LogP contribution in [0.25, 0.3) is 21.3 Å². The van der Waals surface area contributed by atoms with Gasteiger partial charge >= 0.3 is 0 Å². The summed E-state index contributed by atoms with van der Waals surface area (Å²) in [6.45, 7) is 2.77. The molecule has 0 aliphatic carbocycles. The van der Waals surface area contributed by atoms with Gasteiger partial charge in [0.05, 0.1) is 23.9 Å². The third-order valence-electron chi connectivity index (χ3n) is 4.71. The van der Waals surface area contributed by atoms with E-state index in [0.29, 0.717) is 30.0 Å². The Bertz CT molecular complexity index is 1250. The van der Waals surface area contributed by atoms with E-state index in [2.05, 4.69) is 21.3 Å². The van der Waals surface area contributed by atoms with E-state index < -0.39 is 0 Å². The van der Waals surface area contributed by atoms with Gasteiger partial charge in [0.2, 0.25) is 0 Å². The zero-order chi connectivity index (χ0) is 21.1. The number of nitrogens with zero attached hydrogens (tertiary/aromatic N) is 4. The summed E-state index contributed by atoms with van der Waals surface area (Å²) in [6, 6.07) is 9.39. The van der Waals surface area contributed by atoms with Gasteiger partial charge in [-0.3, -0.25) is 14.9 Å². The SMILES string of the molecule is CCOc1cc(C(=O)N(C)Cc2cncc3cn[nH]c23)ccc1-c1cc(C#N)cs1. The number of hydrogen-bond donors (Lipinski definition) is 1. The zero-order valence-electron chi connectivity index (χ0n) is 16.5. The molecule has 1 amide bonds. The van der Waals surface area contributed by atoms with Crippen molar-refractivity contribution in [1.82, 2.24) is 20.1 Å². The summed E-state index contributed by atoms with van der Waals surface area (Å²) in [6.07, 6.45) is 5.19. The van der Waals surface area contributed by atoms with Crippen LogP contribution in [-0.4, -0.2) is 39.6 Å². The van der Waals surface area contributed by atoms with Gasteiger partial charge in [0.25, 0.3) is 5.91 Å². The summed E-state index contributed by atoms with van der Waals surface area (Å²) in [5.74, 6) is 0.503. The maximum Gasteiger partial charge on any atom is 0.254 e. The number of fused-ring (bicyclic) bond motifs is 1. The molecule has 4 aromatic rings. The Morgan fingerprint density at radius 1 is 1.30 bits per heavy atom. The van der Waals surface area contributed by atoms with Gasteiger partial charge in [-0.25, -0.2) is 0 Å². The molecule has 0 saturated carbocycles. The molecular weight excluding hydrogens is 398 g/mol. The third-order valence-corrected chi connectivity index (χ3v) is 5.67. The number of thiophene rings is 1.